The second-order valence-electron chi connectivity index (χ2n) is 5.96. The maximum absolute atomic E-state index is 12.4. The Bertz CT molecular complexity index is 643. The van der Waals surface area contributed by atoms with Gasteiger partial charge in [0.2, 0.25) is 0 Å². The molecule has 1 unspecified atom stereocenters. The molecule has 1 aromatic rings. The van der Waals surface area contributed by atoms with Crippen LogP contribution >= 0.6 is 0 Å². The van der Waals surface area contributed by atoms with Crippen molar-refractivity contribution in [2.45, 2.75) is 39.0 Å². The standard InChI is InChI=1S/C20H30N2O7/c1-5-28-18(29-6-2)13-21-15-9-7-14(8-10-15)19(24)22-16(20(25)27-4)11-12-17(23)26-3/h7-10,16,18,21H,5-6,11-13H2,1-4H3,(H,22,24). The van der Waals surface area contributed by atoms with Gasteiger partial charge in [0.1, 0.15) is 6.04 Å². The number of nitrogens with one attached hydrogen (secondary N) is 2. The molecular weight excluding hydrogens is 380 g/mol. The molecule has 1 amide bonds. The molecule has 1 aromatic carbocycles. The molecule has 1 rings (SSSR count). The van der Waals surface area contributed by atoms with Crippen LogP contribution in [-0.4, -0.2) is 64.2 Å². The number of amides is 1. The van der Waals surface area contributed by atoms with E-state index in [1.807, 2.05) is 13.8 Å². The van der Waals surface area contributed by atoms with Crippen molar-refractivity contribution >= 4 is 23.5 Å². The van der Waals surface area contributed by atoms with Crippen molar-refractivity contribution in [3.63, 3.8) is 0 Å². The SMILES string of the molecule is CCOC(CNc1ccc(C(=O)NC(CCC(=O)OC)C(=O)OC)cc1)OCC. The highest BCUT2D eigenvalue weighted by atomic mass is 16.7. The van der Waals surface area contributed by atoms with Crippen LogP contribution in [0.1, 0.15) is 37.0 Å². The molecule has 9 nitrogen and oxygen atoms in total. The Kier molecular flexibility index (Phi) is 11.4. The minimum Gasteiger partial charge on any atom is -0.469 e. The van der Waals surface area contributed by atoms with E-state index in [1.165, 1.54) is 14.2 Å². The van der Waals surface area contributed by atoms with Crippen LogP contribution in [0.15, 0.2) is 24.3 Å². The first-order valence-electron chi connectivity index (χ1n) is 9.47. The predicted molar refractivity (Wildman–Crippen MR) is 106 cm³/mol. The zero-order valence-electron chi connectivity index (χ0n) is 17.4. The van der Waals surface area contributed by atoms with E-state index < -0.39 is 23.9 Å². The van der Waals surface area contributed by atoms with Crippen LogP contribution in [0.5, 0.6) is 0 Å². The van der Waals surface area contributed by atoms with Gasteiger partial charge < -0.3 is 29.6 Å². The lowest BCUT2D eigenvalue weighted by molar-refractivity contribution is -0.144. The first-order chi connectivity index (χ1) is 13.9. The number of benzene rings is 1. The summed E-state index contributed by atoms with van der Waals surface area (Å²) in [7, 11) is 2.48. The molecule has 29 heavy (non-hydrogen) atoms. The molecule has 0 aliphatic rings. The zero-order chi connectivity index (χ0) is 21.6. The number of esters is 2. The minimum atomic E-state index is -0.942. The third-order valence-electron chi connectivity index (χ3n) is 3.98. The van der Waals surface area contributed by atoms with Crippen molar-refractivity contribution in [1.82, 2.24) is 5.32 Å². The van der Waals surface area contributed by atoms with E-state index in [-0.39, 0.29) is 19.1 Å². The second kappa shape index (κ2) is 13.5. The fourth-order valence-electron chi connectivity index (χ4n) is 2.48. The van der Waals surface area contributed by atoms with Crippen LogP contribution in [0.3, 0.4) is 0 Å². The average Bonchev–Trinajstić information content (AvgIpc) is 2.74. The van der Waals surface area contributed by atoms with E-state index in [0.29, 0.717) is 25.3 Å². The van der Waals surface area contributed by atoms with E-state index in [2.05, 4.69) is 20.1 Å². The van der Waals surface area contributed by atoms with Crippen LogP contribution < -0.4 is 10.6 Å². The number of hydrogen-bond acceptors (Lipinski definition) is 8. The molecule has 0 aliphatic carbocycles. The fraction of sp³-hybridized carbons (Fsp3) is 0.550. The van der Waals surface area contributed by atoms with Crippen molar-refractivity contribution in [3.8, 4) is 0 Å². The number of carbonyl (C=O) groups excluding carboxylic acids is 3. The number of ether oxygens (including phenoxy) is 4. The molecule has 1 atom stereocenters. The minimum absolute atomic E-state index is 0.0137. The topological polar surface area (TPSA) is 112 Å². The third kappa shape index (κ3) is 8.93. The highest BCUT2D eigenvalue weighted by Gasteiger charge is 2.23. The molecule has 0 saturated carbocycles. The van der Waals surface area contributed by atoms with Crippen LogP contribution in [0.2, 0.25) is 0 Å². The van der Waals surface area contributed by atoms with Crippen LogP contribution in [-0.2, 0) is 28.5 Å². The summed E-state index contributed by atoms with van der Waals surface area (Å²) in [4.78, 5) is 35.6. The highest BCUT2D eigenvalue weighted by molar-refractivity contribution is 5.97. The lowest BCUT2D eigenvalue weighted by Crippen LogP contribution is -2.41. The van der Waals surface area contributed by atoms with Gasteiger partial charge in [0.25, 0.3) is 5.91 Å². The second-order valence-corrected chi connectivity index (χ2v) is 5.96. The summed E-state index contributed by atoms with van der Waals surface area (Å²) in [5.74, 6) is -1.54. The van der Waals surface area contributed by atoms with Crippen LogP contribution in [0.25, 0.3) is 0 Å². The van der Waals surface area contributed by atoms with Crippen molar-refractivity contribution in [3.05, 3.63) is 29.8 Å². The van der Waals surface area contributed by atoms with Crippen molar-refractivity contribution in [2.75, 3.05) is 39.3 Å². The van der Waals surface area contributed by atoms with Gasteiger partial charge in [0.05, 0.1) is 20.8 Å². The van der Waals surface area contributed by atoms with Gasteiger partial charge in [0, 0.05) is 30.9 Å². The lowest BCUT2D eigenvalue weighted by Gasteiger charge is -2.18. The molecular formula is C20H30N2O7. The van der Waals surface area contributed by atoms with E-state index in [0.717, 1.165) is 5.69 Å². The maximum Gasteiger partial charge on any atom is 0.328 e. The molecule has 0 fully saturated rings. The fourth-order valence-corrected chi connectivity index (χ4v) is 2.48. The van der Waals surface area contributed by atoms with Crippen LogP contribution in [0, 0.1) is 0 Å². The van der Waals surface area contributed by atoms with Crippen molar-refractivity contribution < 1.29 is 33.3 Å². The largest absolute Gasteiger partial charge is 0.469 e. The number of hydrogen-bond donors (Lipinski definition) is 2. The van der Waals surface area contributed by atoms with Gasteiger partial charge in [-0.15, -0.1) is 0 Å². The van der Waals surface area contributed by atoms with E-state index >= 15 is 0 Å². The molecule has 0 aromatic heterocycles. The highest BCUT2D eigenvalue weighted by Crippen LogP contribution is 2.11. The normalized spacial score (nSPS) is 11.6. The summed E-state index contributed by atoms with van der Waals surface area (Å²) in [6.07, 6.45) is -0.287. The number of anilines is 1. The van der Waals surface area contributed by atoms with Gasteiger partial charge in [-0.05, 0) is 44.5 Å². The molecule has 2 N–H and O–H groups in total. The predicted octanol–water partition coefficient (Wildman–Crippen LogP) is 1.72. The molecule has 0 heterocycles. The third-order valence-corrected chi connectivity index (χ3v) is 3.98. The van der Waals surface area contributed by atoms with Gasteiger partial charge in [0.15, 0.2) is 6.29 Å². The Morgan fingerprint density at radius 1 is 0.966 bits per heavy atom. The molecule has 162 valence electrons. The first kappa shape index (κ1) is 24.4. The van der Waals surface area contributed by atoms with Gasteiger partial charge in [-0.3, -0.25) is 9.59 Å². The van der Waals surface area contributed by atoms with Gasteiger partial charge >= 0.3 is 11.9 Å². The number of methoxy groups -OCH3 is 2. The summed E-state index contributed by atoms with van der Waals surface area (Å²) in [5, 5.41) is 5.77. The van der Waals surface area contributed by atoms with E-state index in [9.17, 15) is 14.4 Å². The van der Waals surface area contributed by atoms with Crippen molar-refractivity contribution in [1.29, 1.82) is 0 Å². The average molecular weight is 410 g/mol. The van der Waals surface area contributed by atoms with Crippen LogP contribution in [0.4, 0.5) is 5.69 Å². The van der Waals surface area contributed by atoms with Crippen molar-refractivity contribution in [2.24, 2.45) is 0 Å². The summed E-state index contributed by atoms with van der Waals surface area (Å²) in [6.45, 7) is 5.34. The smallest absolute Gasteiger partial charge is 0.328 e. The Balaban J connectivity index is 2.66. The maximum atomic E-state index is 12.4. The molecule has 0 spiro atoms. The van der Waals surface area contributed by atoms with E-state index in [4.69, 9.17) is 9.47 Å². The summed E-state index contributed by atoms with van der Waals surface area (Å²) in [6, 6.07) is 5.80. The Hall–Kier alpha value is -2.65. The first-order valence-corrected chi connectivity index (χ1v) is 9.47. The number of carbonyl (C=O) groups is 3. The Morgan fingerprint density at radius 3 is 2.10 bits per heavy atom. The molecule has 0 aliphatic heterocycles. The Labute approximate surface area is 171 Å². The molecule has 9 heteroatoms. The number of rotatable bonds is 13. The molecule has 0 saturated heterocycles. The Morgan fingerprint density at radius 2 is 1.59 bits per heavy atom. The quantitative estimate of drug-likeness (QED) is 0.373. The molecule has 0 bridgehead atoms. The molecule has 0 radical (unpaired) electrons. The van der Waals surface area contributed by atoms with E-state index in [1.54, 1.807) is 24.3 Å². The monoisotopic (exact) mass is 410 g/mol. The summed E-state index contributed by atoms with van der Waals surface area (Å²) < 4.78 is 20.2. The van der Waals surface area contributed by atoms with Gasteiger partial charge in [-0.2, -0.15) is 0 Å². The summed E-state index contributed by atoms with van der Waals surface area (Å²) in [5.41, 5.74) is 1.16. The summed E-state index contributed by atoms with van der Waals surface area (Å²) >= 11 is 0. The zero-order valence-corrected chi connectivity index (χ0v) is 17.4. The lowest BCUT2D eigenvalue weighted by atomic mass is 10.1. The van der Waals surface area contributed by atoms with Gasteiger partial charge in [-0.25, -0.2) is 4.79 Å². The van der Waals surface area contributed by atoms with Gasteiger partial charge in [-0.1, -0.05) is 0 Å².